The van der Waals surface area contributed by atoms with E-state index < -0.39 is 0 Å². The molecule has 0 bridgehead atoms. The molecule has 0 saturated heterocycles. The van der Waals surface area contributed by atoms with Crippen LogP contribution in [0.3, 0.4) is 0 Å². The molecule has 3 aromatic carbocycles. The molecule has 1 aromatic heterocycles. The first-order valence-corrected chi connectivity index (χ1v) is 10.2. The maximum Gasteiger partial charge on any atom is 0.302 e. The van der Waals surface area contributed by atoms with E-state index in [0.717, 1.165) is 16.8 Å². The fourth-order valence-corrected chi connectivity index (χ4v) is 3.89. The van der Waals surface area contributed by atoms with E-state index in [4.69, 9.17) is 21.0 Å². The molecule has 1 atom stereocenters. The number of phenolic OH excluding ortho intramolecular Hbond substituents is 1. The van der Waals surface area contributed by atoms with Crippen molar-refractivity contribution >= 4 is 40.4 Å². The zero-order valence-electron chi connectivity index (χ0n) is 16.7. The van der Waals surface area contributed by atoms with Crippen LogP contribution in [-0.2, 0) is 0 Å². The molecule has 1 unspecified atom stereocenters. The summed E-state index contributed by atoms with van der Waals surface area (Å²) in [6.45, 7) is 1.96. The summed E-state index contributed by atoms with van der Waals surface area (Å²) < 4.78 is 5.85. The molecular weight excluding hydrogens is 412 g/mol. The predicted molar refractivity (Wildman–Crippen MR) is 124 cm³/mol. The van der Waals surface area contributed by atoms with Crippen molar-refractivity contribution < 1.29 is 9.52 Å². The average Bonchev–Trinajstić information content (AvgIpc) is 3.17. The highest BCUT2D eigenvalue weighted by atomic mass is 35.5. The number of guanidine groups is 1. The summed E-state index contributed by atoms with van der Waals surface area (Å²) in [4.78, 5) is 11.2. The Morgan fingerprint density at radius 1 is 1.00 bits per heavy atom. The number of para-hydroxylation sites is 4. The Hall–Kier alpha value is -3.77. The van der Waals surface area contributed by atoms with Crippen molar-refractivity contribution in [2.24, 2.45) is 4.99 Å². The Morgan fingerprint density at radius 2 is 1.74 bits per heavy atom. The lowest BCUT2D eigenvalue weighted by atomic mass is 10.0. The van der Waals surface area contributed by atoms with Gasteiger partial charge in [0, 0.05) is 10.7 Å². The summed E-state index contributed by atoms with van der Waals surface area (Å²) in [5.41, 5.74) is 3.77. The molecule has 0 radical (unpaired) electrons. The summed E-state index contributed by atoms with van der Waals surface area (Å²) in [5, 5.41) is 14.3. The summed E-state index contributed by atoms with van der Waals surface area (Å²) in [5.74, 6) is 0.608. The number of hydrogen-bond donors (Lipinski definition) is 2. The Kier molecular flexibility index (Phi) is 4.84. The van der Waals surface area contributed by atoms with E-state index in [1.807, 2.05) is 78.6 Å². The Labute approximate surface area is 184 Å². The first kappa shape index (κ1) is 19.2. The van der Waals surface area contributed by atoms with Gasteiger partial charge < -0.3 is 9.52 Å². The van der Waals surface area contributed by atoms with Gasteiger partial charge in [0.1, 0.15) is 17.3 Å². The average molecular weight is 431 g/mol. The summed E-state index contributed by atoms with van der Waals surface area (Å²) in [6, 6.07) is 22.3. The SMILES string of the molecule is CC1=CC(c2ccccc2Cl)N=C(Nc2nc3ccccc3o2)N1c1ccccc1O. The third-order valence-corrected chi connectivity index (χ3v) is 5.43. The monoisotopic (exact) mass is 430 g/mol. The second-order valence-corrected chi connectivity index (χ2v) is 7.57. The maximum atomic E-state index is 10.5. The van der Waals surface area contributed by atoms with Crippen molar-refractivity contribution in [3.63, 3.8) is 0 Å². The molecule has 0 spiro atoms. The lowest BCUT2D eigenvalue weighted by molar-refractivity contribution is 0.476. The molecular formula is C24H19ClN4O2. The first-order valence-electron chi connectivity index (χ1n) is 9.81. The first-order chi connectivity index (χ1) is 15.1. The number of halogens is 1. The van der Waals surface area contributed by atoms with E-state index in [9.17, 15) is 5.11 Å². The van der Waals surface area contributed by atoms with E-state index in [-0.39, 0.29) is 11.8 Å². The van der Waals surface area contributed by atoms with Crippen LogP contribution in [0.1, 0.15) is 18.5 Å². The van der Waals surface area contributed by atoms with E-state index >= 15 is 0 Å². The van der Waals surface area contributed by atoms with Crippen LogP contribution in [-0.4, -0.2) is 16.1 Å². The van der Waals surface area contributed by atoms with E-state index in [0.29, 0.717) is 28.3 Å². The van der Waals surface area contributed by atoms with Crippen molar-refractivity contribution in [2.45, 2.75) is 13.0 Å². The van der Waals surface area contributed by atoms with Crippen LogP contribution in [0.5, 0.6) is 5.75 Å². The van der Waals surface area contributed by atoms with Gasteiger partial charge in [0.15, 0.2) is 5.58 Å². The molecule has 0 saturated carbocycles. The van der Waals surface area contributed by atoms with Crippen molar-refractivity contribution in [1.82, 2.24) is 4.98 Å². The minimum absolute atomic E-state index is 0.138. The normalized spacial score (nSPS) is 16.2. The van der Waals surface area contributed by atoms with Crippen LogP contribution in [0, 0.1) is 0 Å². The van der Waals surface area contributed by atoms with Gasteiger partial charge in [-0.3, -0.25) is 10.2 Å². The van der Waals surface area contributed by atoms with Crippen LogP contribution in [0.25, 0.3) is 11.1 Å². The topological polar surface area (TPSA) is 73.9 Å². The number of hydrogen-bond acceptors (Lipinski definition) is 6. The number of benzene rings is 3. The highest BCUT2D eigenvalue weighted by Gasteiger charge is 2.27. The maximum absolute atomic E-state index is 10.5. The quantitative estimate of drug-likeness (QED) is 0.409. The van der Waals surface area contributed by atoms with E-state index in [1.54, 1.807) is 12.1 Å². The third kappa shape index (κ3) is 3.62. The molecule has 1 aliphatic rings. The largest absolute Gasteiger partial charge is 0.506 e. The highest BCUT2D eigenvalue weighted by molar-refractivity contribution is 6.31. The van der Waals surface area contributed by atoms with Crippen LogP contribution in [0.4, 0.5) is 11.7 Å². The molecule has 2 heterocycles. The number of aliphatic imine (C=N–C) groups is 1. The molecule has 0 fully saturated rings. The number of rotatable bonds is 3. The van der Waals surface area contributed by atoms with E-state index in [1.165, 1.54) is 0 Å². The highest BCUT2D eigenvalue weighted by Crippen LogP contribution is 2.36. The zero-order valence-corrected chi connectivity index (χ0v) is 17.4. The van der Waals surface area contributed by atoms with Gasteiger partial charge in [-0.2, -0.15) is 4.98 Å². The molecule has 2 N–H and O–H groups in total. The fraction of sp³-hybridized carbons (Fsp3) is 0.0833. The smallest absolute Gasteiger partial charge is 0.302 e. The number of aromatic nitrogens is 1. The van der Waals surface area contributed by atoms with Gasteiger partial charge in [-0.05, 0) is 48.9 Å². The second kappa shape index (κ2) is 7.81. The number of nitrogens with zero attached hydrogens (tertiary/aromatic N) is 3. The van der Waals surface area contributed by atoms with Crippen molar-refractivity contribution in [1.29, 1.82) is 0 Å². The predicted octanol–water partition coefficient (Wildman–Crippen LogP) is 6.12. The van der Waals surface area contributed by atoms with Crippen molar-refractivity contribution in [2.75, 3.05) is 10.2 Å². The Morgan fingerprint density at radius 3 is 2.55 bits per heavy atom. The fourth-order valence-electron chi connectivity index (χ4n) is 3.64. The lowest BCUT2D eigenvalue weighted by Crippen LogP contribution is -2.38. The second-order valence-electron chi connectivity index (χ2n) is 7.16. The number of phenols is 1. The molecule has 0 aliphatic carbocycles. The number of nitrogens with one attached hydrogen (secondary N) is 1. The molecule has 154 valence electrons. The number of anilines is 2. The summed E-state index contributed by atoms with van der Waals surface area (Å²) >= 11 is 6.44. The Balaban J connectivity index is 1.60. The van der Waals surface area contributed by atoms with Gasteiger partial charge in [0.25, 0.3) is 0 Å². The molecule has 4 aromatic rings. The molecule has 6 nitrogen and oxygen atoms in total. The van der Waals surface area contributed by atoms with E-state index in [2.05, 4.69) is 10.3 Å². The number of aromatic hydroxyl groups is 1. The molecule has 31 heavy (non-hydrogen) atoms. The third-order valence-electron chi connectivity index (χ3n) is 5.08. The molecule has 5 rings (SSSR count). The van der Waals surface area contributed by atoms with Gasteiger partial charge in [-0.1, -0.05) is 54.1 Å². The standard InChI is InChI=1S/C24H19ClN4O2/c1-15-14-19(16-8-2-3-9-17(16)25)26-23(29(15)20-11-5-6-12-21(20)30)28-24-27-18-10-4-7-13-22(18)31-24/h2-14,19,30H,1H3,(H,26,27,28). The van der Waals surface area contributed by atoms with Gasteiger partial charge in [0.2, 0.25) is 5.96 Å². The van der Waals surface area contributed by atoms with Crippen LogP contribution >= 0.6 is 11.6 Å². The molecule has 7 heteroatoms. The molecule has 0 amide bonds. The Bertz CT molecular complexity index is 1290. The summed E-state index contributed by atoms with van der Waals surface area (Å²) in [7, 11) is 0. The molecule has 1 aliphatic heterocycles. The van der Waals surface area contributed by atoms with Gasteiger partial charge in [-0.15, -0.1) is 0 Å². The van der Waals surface area contributed by atoms with Gasteiger partial charge in [0.05, 0.1) is 5.69 Å². The minimum Gasteiger partial charge on any atom is -0.506 e. The number of oxazole rings is 1. The lowest BCUT2D eigenvalue weighted by Gasteiger charge is -2.32. The van der Waals surface area contributed by atoms with Crippen LogP contribution < -0.4 is 10.2 Å². The minimum atomic E-state index is -0.303. The summed E-state index contributed by atoms with van der Waals surface area (Å²) in [6.07, 6.45) is 2.00. The van der Waals surface area contributed by atoms with Crippen molar-refractivity contribution in [3.8, 4) is 5.75 Å². The van der Waals surface area contributed by atoms with Crippen LogP contribution in [0.2, 0.25) is 5.02 Å². The van der Waals surface area contributed by atoms with Gasteiger partial charge >= 0.3 is 6.01 Å². The van der Waals surface area contributed by atoms with Crippen molar-refractivity contribution in [3.05, 3.63) is 95.2 Å². The van der Waals surface area contributed by atoms with Gasteiger partial charge in [-0.25, -0.2) is 4.99 Å². The number of fused-ring (bicyclic) bond motifs is 1. The zero-order chi connectivity index (χ0) is 21.4. The number of allylic oxidation sites excluding steroid dienone is 1. The van der Waals surface area contributed by atoms with Crippen LogP contribution in [0.15, 0.2) is 94.0 Å².